The van der Waals surface area contributed by atoms with Gasteiger partial charge in [-0.25, -0.2) is 9.18 Å². The number of fused-ring (bicyclic) bond motifs is 3. The lowest BCUT2D eigenvalue weighted by Gasteiger charge is -2.37. The number of rotatable bonds is 2. The molecule has 0 spiro atoms. The van der Waals surface area contributed by atoms with Crippen LogP contribution in [0.2, 0.25) is 0 Å². The van der Waals surface area contributed by atoms with Crippen molar-refractivity contribution in [3.05, 3.63) is 75.5 Å². The zero-order valence-corrected chi connectivity index (χ0v) is 14.3. The van der Waals surface area contributed by atoms with Gasteiger partial charge in [0.2, 0.25) is 0 Å². The molecule has 3 nitrogen and oxygen atoms in total. The third-order valence-corrected chi connectivity index (χ3v) is 5.36. The van der Waals surface area contributed by atoms with Crippen LogP contribution in [0.15, 0.2) is 53.0 Å². The van der Waals surface area contributed by atoms with E-state index >= 15 is 0 Å². The molecule has 0 amide bonds. The van der Waals surface area contributed by atoms with E-state index in [0.29, 0.717) is 11.6 Å². The lowest BCUT2D eigenvalue weighted by Crippen LogP contribution is -2.29. The Morgan fingerprint density at radius 3 is 2.71 bits per heavy atom. The Morgan fingerprint density at radius 1 is 1.25 bits per heavy atom. The standard InChI is InChI=1S/C19H15BrFNO2/c20-12-8-15-13-2-1-3-14(13)17(22-18(15)16(21)9-12)10-4-6-11(7-5-10)19(23)24/h1-2,4-9,13-14,17,22H,3H2,(H,23,24)/t13-,14+,17-/m0/s1. The van der Waals surface area contributed by atoms with Crippen molar-refractivity contribution in [1.29, 1.82) is 0 Å². The molecule has 0 bridgehead atoms. The highest BCUT2D eigenvalue weighted by atomic mass is 79.9. The Bertz CT molecular complexity index is 847. The summed E-state index contributed by atoms with van der Waals surface area (Å²) in [5.74, 6) is -0.760. The molecule has 0 radical (unpaired) electrons. The third-order valence-electron chi connectivity index (χ3n) is 4.90. The van der Waals surface area contributed by atoms with Crippen molar-refractivity contribution in [3.63, 3.8) is 0 Å². The number of nitrogens with one attached hydrogen (secondary N) is 1. The largest absolute Gasteiger partial charge is 0.478 e. The Balaban J connectivity index is 1.76. The predicted octanol–water partition coefficient (Wildman–Crippen LogP) is 5.11. The Kier molecular flexibility index (Phi) is 3.68. The van der Waals surface area contributed by atoms with Crippen LogP contribution in [0.5, 0.6) is 0 Å². The van der Waals surface area contributed by atoms with Gasteiger partial charge in [0.1, 0.15) is 5.82 Å². The van der Waals surface area contributed by atoms with Crippen LogP contribution in [0.4, 0.5) is 10.1 Å². The minimum absolute atomic E-state index is 0.0454. The molecule has 1 aliphatic carbocycles. The van der Waals surface area contributed by atoms with Crippen LogP contribution in [0.3, 0.4) is 0 Å². The van der Waals surface area contributed by atoms with Crippen molar-refractivity contribution in [3.8, 4) is 0 Å². The fraction of sp³-hybridized carbons (Fsp3) is 0.211. The minimum Gasteiger partial charge on any atom is -0.478 e. The molecule has 2 N–H and O–H groups in total. The molecule has 0 unspecified atom stereocenters. The van der Waals surface area contributed by atoms with Gasteiger partial charge in [-0.1, -0.05) is 40.2 Å². The summed E-state index contributed by atoms with van der Waals surface area (Å²) in [5, 5.41) is 12.4. The van der Waals surface area contributed by atoms with Gasteiger partial charge in [0, 0.05) is 10.4 Å². The average molecular weight is 388 g/mol. The van der Waals surface area contributed by atoms with E-state index in [0.717, 1.165) is 22.0 Å². The number of allylic oxidation sites excluding steroid dienone is 2. The Labute approximate surface area is 147 Å². The minimum atomic E-state index is -0.945. The van der Waals surface area contributed by atoms with Gasteiger partial charge in [0.25, 0.3) is 0 Å². The molecule has 1 aliphatic heterocycles. The molecule has 5 heteroatoms. The van der Waals surface area contributed by atoms with Crippen LogP contribution in [-0.2, 0) is 0 Å². The third kappa shape index (κ3) is 2.44. The number of carbonyl (C=O) groups is 1. The van der Waals surface area contributed by atoms with Crippen LogP contribution < -0.4 is 5.32 Å². The summed E-state index contributed by atoms with van der Waals surface area (Å²) < 4.78 is 15.2. The molecule has 4 rings (SSSR count). The molecule has 122 valence electrons. The maximum atomic E-state index is 14.5. The summed E-state index contributed by atoms with van der Waals surface area (Å²) in [5.41, 5.74) is 2.75. The Morgan fingerprint density at radius 2 is 2.00 bits per heavy atom. The van der Waals surface area contributed by atoms with Crippen molar-refractivity contribution < 1.29 is 14.3 Å². The first kappa shape index (κ1) is 15.4. The summed E-state index contributed by atoms with van der Waals surface area (Å²) >= 11 is 3.37. The number of carboxylic acids is 1. The first-order chi connectivity index (χ1) is 11.5. The predicted molar refractivity (Wildman–Crippen MR) is 93.9 cm³/mol. The lowest BCUT2D eigenvalue weighted by molar-refractivity contribution is 0.0697. The molecule has 0 fully saturated rings. The van der Waals surface area contributed by atoms with E-state index in [-0.39, 0.29) is 23.3 Å². The molecule has 0 saturated heterocycles. The van der Waals surface area contributed by atoms with E-state index in [1.807, 2.05) is 18.2 Å². The molecule has 24 heavy (non-hydrogen) atoms. The normalized spacial score (nSPS) is 24.2. The Hall–Kier alpha value is -2.14. The molecular weight excluding hydrogens is 373 g/mol. The monoisotopic (exact) mass is 387 g/mol. The highest BCUT2D eigenvalue weighted by molar-refractivity contribution is 9.10. The molecule has 0 aromatic heterocycles. The van der Waals surface area contributed by atoms with Gasteiger partial charge < -0.3 is 10.4 Å². The van der Waals surface area contributed by atoms with Gasteiger partial charge in [0.05, 0.1) is 17.3 Å². The van der Waals surface area contributed by atoms with Gasteiger partial charge in [-0.2, -0.15) is 0 Å². The molecule has 2 aromatic rings. The quantitative estimate of drug-likeness (QED) is 0.703. The number of hydrogen-bond donors (Lipinski definition) is 2. The zero-order chi connectivity index (χ0) is 16.8. The van der Waals surface area contributed by atoms with E-state index in [9.17, 15) is 9.18 Å². The fourth-order valence-electron chi connectivity index (χ4n) is 3.78. The number of hydrogen-bond acceptors (Lipinski definition) is 2. The van der Waals surface area contributed by atoms with Crippen LogP contribution in [-0.4, -0.2) is 11.1 Å². The molecule has 2 aliphatic rings. The molecule has 3 atom stereocenters. The second-order valence-corrected chi connectivity index (χ2v) is 7.17. The molecule has 1 heterocycles. The van der Waals surface area contributed by atoms with Crippen molar-refractivity contribution in [2.75, 3.05) is 5.32 Å². The van der Waals surface area contributed by atoms with E-state index < -0.39 is 5.97 Å². The number of anilines is 1. The first-order valence-corrected chi connectivity index (χ1v) is 8.59. The summed E-state index contributed by atoms with van der Waals surface area (Å²) in [4.78, 5) is 11.0. The number of benzene rings is 2. The SMILES string of the molecule is O=C(O)c1ccc([C@@H]2Nc3c(F)cc(Br)cc3[C@H]3C=CC[C@H]32)cc1. The summed E-state index contributed by atoms with van der Waals surface area (Å²) in [6, 6.07) is 10.2. The van der Waals surface area contributed by atoms with Crippen molar-refractivity contribution in [2.24, 2.45) is 5.92 Å². The lowest BCUT2D eigenvalue weighted by atomic mass is 9.77. The number of carboxylic acid groups (broad SMARTS) is 1. The van der Waals surface area contributed by atoms with Crippen molar-refractivity contribution >= 4 is 27.6 Å². The fourth-order valence-corrected chi connectivity index (χ4v) is 4.23. The smallest absolute Gasteiger partial charge is 0.335 e. The maximum absolute atomic E-state index is 14.5. The topological polar surface area (TPSA) is 49.3 Å². The molecular formula is C19H15BrFNO2. The number of aromatic carboxylic acids is 1. The molecule has 2 aromatic carbocycles. The average Bonchev–Trinajstić information content (AvgIpc) is 3.04. The molecule has 0 saturated carbocycles. The number of halogens is 2. The summed E-state index contributed by atoms with van der Waals surface area (Å²) in [7, 11) is 0. The van der Waals surface area contributed by atoms with Crippen LogP contribution >= 0.6 is 15.9 Å². The van der Waals surface area contributed by atoms with E-state index in [1.165, 1.54) is 6.07 Å². The van der Waals surface area contributed by atoms with Crippen molar-refractivity contribution in [1.82, 2.24) is 0 Å². The van der Waals surface area contributed by atoms with Gasteiger partial charge in [0.15, 0.2) is 0 Å². The van der Waals surface area contributed by atoms with E-state index in [1.54, 1.807) is 12.1 Å². The van der Waals surface area contributed by atoms with Crippen LogP contribution in [0.1, 0.15) is 39.9 Å². The van der Waals surface area contributed by atoms with Crippen molar-refractivity contribution in [2.45, 2.75) is 18.4 Å². The second kappa shape index (κ2) is 5.74. The highest BCUT2D eigenvalue weighted by Crippen LogP contribution is 2.51. The van der Waals surface area contributed by atoms with E-state index in [2.05, 4.69) is 33.4 Å². The first-order valence-electron chi connectivity index (χ1n) is 7.80. The maximum Gasteiger partial charge on any atom is 0.335 e. The van der Waals surface area contributed by atoms with E-state index in [4.69, 9.17) is 5.11 Å². The van der Waals surface area contributed by atoms with Gasteiger partial charge in [-0.3, -0.25) is 0 Å². The second-order valence-electron chi connectivity index (χ2n) is 6.25. The van der Waals surface area contributed by atoms with Gasteiger partial charge >= 0.3 is 5.97 Å². The summed E-state index contributed by atoms with van der Waals surface area (Å²) in [6.45, 7) is 0. The summed E-state index contributed by atoms with van der Waals surface area (Å²) in [6.07, 6.45) is 5.20. The highest BCUT2D eigenvalue weighted by Gasteiger charge is 2.39. The van der Waals surface area contributed by atoms with Crippen LogP contribution in [0, 0.1) is 11.7 Å². The van der Waals surface area contributed by atoms with Crippen LogP contribution in [0.25, 0.3) is 0 Å². The van der Waals surface area contributed by atoms with Gasteiger partial charge in [-0.05, 0) is 47.7 Å². The van der Waals surface area contributed by atoms with Gasteiger partial charge in [-0.15, -0.1) is 0 Å². The zero-order valence-electron chi connectivity index (χ0n) is 12.7.